The predicted octanol–water partition coefficient (Wildman–Crippen LogP) is 1.38. The van der Waals surface area contributed by atoms with Crippen LogP contribution in [0.5, 0.6) is 0 Å². The molecule has 0 saturated carbocycles. The molecule has 98 valence electrons. The molecule has 0 aliphatic carbocycles. The molecule has 1 amide bonds. The molecule has 0 saturated heterocycles. The highest BCUT2D eigenvalue weighted by Gasteiger charge is 2.13. The number of aromatic nitrogens is 1. The number of carbonyl (C=O) groups excluding carboxylic acids is 2. The highest BCUT2D eigenvalue weighted by Crippen LogP contribution is 2.06. The van der Waals surface area contributed by atoms with E-state index in [9.17, 15) is 9.59 Å². The molecule has 0 atom stereocenters. The van der Waals surface area contributed by atoms with Gasteiger partial charge in [-0.1, -0.05) is 6.92 Å². The van der Waals surface area contributed by atoms with Gasteiger partial charge < -0.3 is 9.64 Å². The topological polar surface area (TPSA) is 59.5 Å². The van der Waals surface area contributed by atoms with Crippen molar-refractivity contribution < 1.29 is 14.3 Å². The third-order valence-corrected chi connectivity index (χ3v) is 2.59. The molecule has 0 N–H and O–H groups in total. The largest absolute Gasteiger partial charge is 0.469 e. The second-order valence-corrected chi connectivity index (χ2v) is 3.85. The van der Waals surface area contributed by atoms with E-state index in [4.69, 9.17) is 0 Å². The minimum atomic E-state index is -0.307. The number of hydrogen-bond donors (Lipinski definition) is 0. The van der Waals surface area contributed by atoms with Crippen LogP contribution in [0.2, 0.25) is 0 Å². The normalized spacial score (nSPS) is 9.89. The highest BCUT2D eigenvalue weighted by atomic mass is 16.5. The van der Waals surface area contributed by atoms with Crippen LogP contribution in [-0.2, 0) is 20.9 Å². The molecule has 0 unspecified atom stereocenters. The lowest BCUT2D eigenvalue weighted by molar-refractivity contribution is -0.141. The van der Waals surface area contributed by atoms with Crippen molar-refractivity contribution in [2.75, 3.05) is 13.7 Å². The van der Waals surface area contributed by atoms with Gasteiger partial charge in [-0.05, 0) is 17.7 Å². The number of rotatable bonds is 6. The fraction of sp³-hybridized carbons (Fsp3) is 0.462. The van der Waals surface area contributed by atoms with E-state index in [0.29, 0.717) is 19.5 Å². The lowest BCUT2D eigenvalue weighted by atomic mass is 10.2. The van der Waals surface area contributed by atoms with E-state index in [1.807, 2.05) is 12.1 Å². The van der Waals surface area contributed by atoms with Crippen molar-refractivity contribution in [1.82, 2.24) is 9.88 Å². The van der Waals surface area contributed by atoms with E-state index in [2.05, 4.69) is 9.72 Å². The molecule has 18 heavy (non-hydrogen) atoms. The molecule has 0 aliphatic rings. The molecular weight excluding hydrogens is 232 g/mol. The molecule has 1 aromatic heterocycles. The molecule has 0 aliphatic heterocycles. The Labute approximate surface area is 107 Å². The van der Waals surface area contributed by atoms with Crippen molar-refractivity contribution in [2.45, 2.75) is 26.3 Å². The summed E-state index contributed by atoms with van der Waals surface area (Å²) in [6.45, 7) is 2.67. The zero-order chi connectivity index (χ0) is 13.4. The Kier molecular flexibility index (Phi) is 5.84. The fourth-order valence-corrected chi connectivity index (χ4v) is 1.55. The summed E-state index contributed by atoms with van der Waals surface area (Å²) in [5.74, 6) is -0.283. The first-order chi connectivity index (χ1) is 8.67. The second kappa shape index (κ2) is 7.42. The smallest absolute Gasteiger partial charge is 0.307 e. The van der Waals surface area contributed by atoms with E-state index in [-0.39, 0.29) is 18.3 Å². The Balaban J connectivity index is 2.61. The molecule has 5 heteroatoms. The summed E-state index contributed by atoms with van der Waals surface area (Å²) in [6.07, 6.45) is 4.01. The van der Waals surface area contributed by atoms with Crippen LogP contribution < -0.4 is 0 Å². The summed E-state index contributed by atoms with van der Waals surface area (Å²) in [6, 6.07) is 3.71. The first-order valence-corrected chi connectivity index (χ1v) is 5.90. The van der Waals surface area contributed by atoms with E-state index >= 15 is 0 Å². The number of ether oxygens (including phenoxy) is 1. The van der Waals surface area contributed by atoms with Gasteiger partial charge >= 0.3 is 5.97 Å². The van der Waals surface area contributed by atoms with Crippen LogP contribution in [0.4, 0.5) is 0 Å². The zero-order valence-electron chi connectivity index (χ0n) is 10.8. The molecule has 0 spiro atoms. The monoisotopic (exact) mass is 250 g/mol. The van der Waals surface area contributed by atoms with Gasteiger partial charge in [0.15, 0.2) is 0 Å². The van der Waals surface area contributed by atoms with Gasteiger partial charge in [-0.25, -0.2) is 0 Å². The van der Waals surface area contributed by atoms with Crippen LogP contribution in [0.3, 0.4) is 0 Å². The van der Waals surface area contributed by atoms with E-state index < -0.39 is 0 Å². The van der Waals surface area contributed by atoms with Gasteiger partial charge in [0.05, 0.1) is 13.5 Å². The first kappa shape index (κ1) is 14.2. The average Bonchev–Trinajstić information content (AvgIpc) is 2.43. The predicted molar refractivity (Wildman–Crippen MR) is 66.6 cm³/mol. The lowest BCUT2D eigenvalue weighted by Gasteiger charge is -2.21. The Hall–Kier alpha value is -1.91. The molecule has 1 rings (SSSR count). The maximum Gasteiger partial charge on any atom is 0.307 e. The van der Waals surface area contributed by atoms with Crippen LogP contribution >= 0.6 is 0 Å². The van der Waals surface area contributed by atoms with Gasteiger partial charge in [-0.15, -0.1) is 0 Å². The van der Waals surface area contributed by atoms with Crippen molar-refractivity contribution >= 4 is 11.9 Å². The maximum absolute atomic E-state index is 11.8. The second-order valence-electron chi connectivity index (χ2n) is 3.85. The minimum Gasteiger partial charge on any atom is -0.469 e. The summed E-state index contributed by atoms with van der Waals surface area (Å²) in [7, 11) is 1.34. The number of pyridine rings is 1. The average molecular weight is 250 g/mol. The Morgan fingerprint density at radius 2 is 2.00 bits per heavy atom. The Morgan fingerprint density at radius 3 is 2.56 bits per heavy atom. The van der Waals surface area contributed by atoms with E-state index in [0.717, 1.165) is 5.56 Å². The molecule has 0 bridgehead atoms. The zero-order valence-corrected chi connectivity index (χ0v) is 10.8. The SMILES string of the molecule is CCC(=O)N(CCC(=O)OC)Cc1ccncc1. The van der Waals surface area contributed by atoms with Crippen molar-refractivity contribution in [3.63, 3.8) is 0 Å². The minimum absolute atomic E-state index is 0.0238. The third kappa shape index (κ3) is 4.53. The number of nitrogens with zero attached hydrogens (tertiary/aromatic N) is 2. The number of methoxy groups -OCH3 is 1. The van der Waals surface area contributed by atoms with Crippen LogP contribution in [-0.4, -0.2) is 35.4 Å². The van der Waals surface area contributed by atoms with E-state index in [1.54, 1.807) is 24.2 Å². The van der Waals surface area contributed by atoms with Crippen LogP contribution in [0, 0.1) is 0 Å². The lowest BCUT2D eigenvalue weighted by Crippen LogP contribution is -2.32. The van der Waals surface area contributed by atoms with Crippen molar-refractivity contribution in [2.24, 2.45) is 0 Å². The summed E-state index contributed by atoms with van der Waals surface area (Å²) in [5.41, 5.74) is 0.997. The van der Waals surface area contributed by atoms with Gasteiger partial charge in [-0.2, -0.15) is 0 Å². The highest BCUT2D eigenvalue weighted by molar-refractivity contribution is 5.77. The quantitative estimate of drug-likeness (QED) is 0.716. The number of amides is 1. The number of hydrogen-bond acceptors (Lipinski definition) is 4. The van der Waals surface area contributed by atoms with Crippen molar-refractivity contribution in [1.29, 1.82) is 0 Å². The van der Waals surface area contributed by atoms with Gasteiger partial charge in [0.1, 0.15) is 0 Å². The Morgan fingerprint density at radius 1 is 1.33 bits per heavy atom. The summed E-state index contributed by atoms with van der Waals surface area (Å²) in [4.78, 5) is 28.5. The van der Waals surface area contributed by atoms with Crippen LogP contribution in [0.15, 0.2) is 24.5 Å². The number of esters is 1. The van der Waals surface area contributed by atoms with Gasteiger partial charge in [0.25, 0.3) is 0 Å². The van der Waals surface area contributed by atoms with E-state index in [1.165, 1.54) is 7.11 Å². The molecule has 1 heterocycles. The Bertz CT molecular complexity index is 392. The van der Waals surface area contributed by atoms with Crippen LogP contribution in [0.25, 0.3) is 0 Å². The summed E-state index contributed by atoms with van der Waals surface area (Å²) in [5, 5.41) is 0. The molecular formula is C13H18N2O3. The molecule has 0 fully saturated rings. The van der Waals surface area contributed by atoms with Gasteiger partial charge in [-0.3, -0.25) is 14.6 Å². The van der Waals surface area contributed by atoms with Crippen molar-refractivity contribution in [3.8, 4) is 0 Å². The van der Waals surface area contributed by atoms with Gasteiger partial charge in [0.2, 0.25) is 5.91 Å². The van der Waals surface area contributed by atoms with Crippen LogP contribution in [0.1, 0.15) is 25.3 Å². The standard InChI is InChI=1S/C13H18N2O3/c1-3-12(16)15(9-6-13(17)18-2)10-11-4-7-14-8-5-11/h4-5,7-8H,3,6,9-10H2,1-2H3. The molecule has 5 nitrogen and oxygen atoms in total. The number of carbonyl (C=O) groups is 2. The first-order valence-electron chi connectivity index (χ1n) is 5.90. The fourth-order valence-electron chi connectivity index (χ4n) is 1.55. The third-order valence-electron chi connectivity index (χ3n) is 2.59. The van der Waals surface area contributed by atoms with Crippen molar-refractivity contribution in [3.05, 3.63) is 30.1 Å². The summed E-state index contributed by atoms with van der Waals surface area (Å²) >= 11 is 0. The summed E-state index contributed by atoms with van der Waals surface area (Å²) < 4.78 is 4.58. The maximum atomic E-state index is 11.8. The molecule has 1 aromatic rings. The molecule has 0 aromatic carbocycles. The van der Waals surface area contributed by atoms with Gasteiger partial charge in [0, 0.05) is 31.9 Å². The molecule has 0 radical (unpaired) electrons.